The molecule has 0 N–H and O–H groups in total. The summed E-state index contributed by atoms with van der Waals surface area (Å²) in [6.45, 7) is 13.3. The minimum absolute atomic E-state index is 0. The molecule has 0 radical (unpaired) electrons. The zero-order chi connectivity index (χ0) is 8.69. The molecule has 2 nitrogen and oxygen atoms in total. The van der Waals surface area contributed by atoms with Gasteiger partial charge in [0.2, 0.25) is 0 Å². The van der Waals surface area contributed by atoms with E-state index in [1.807, 2.05) is 12.1 Å². The SMILES string of the molecule is CCN(CC)SN(CC)CC.F.F.F. The Bertz CT molecular complexity index is 80.7. The van der Waals surface area contributed by atoms with E-state index in [9.17, 15) is 0 Å². The second-order valence-electron chi connectivity index (χ2n) is 2.31. The molecule has 0 aliphatic rings. The molecule has 0 aromatic carbocycles. The first-order valence-corrected chi connectivity index (χ1v) is 5.19. The Morgan fingerprint density at radius 3 is 1.00 bits per heavy atom. The number of halogens is 3. The monoisotopic (exact) mass is 236 g/mol. The Labute approximate surface area is 89.4 Å². The fourth-order valence-corrected chi connectivity index (χ4v) is 1.63. The van der Waals surface area contributed by atoms with Crippen molar-refractivity contribution in [2.45, 2.75) is 27.7 Å². The van der Waals surface area contributed by atoms with E-state index in [-0.39, 0.29) is 14.1 Å². The summed E-state index contributed by atoms with van der Waals surface area (Å²) in [6.07, 6.45) is 0. The van der Waals surface area contributed by atoms with Crippen LogP contribution in [-0.2, 0) is 0 Å². The van der Waals surface area contributed by atoms with Crippen LogP contribution in [0.5, 0.6) is 0 Å². The third kappa shape index (κ3) is 10.1. The van der Waals surface area contributed by atoms with E-state index in [4.69, 9.17) is 0 Å². The Morgan fingerprint density at radius 2 is 0.857 bits per heavy atom. The Morgan fingerprint density at radius 1 is 0.643 bits per heavy atom. The number of rotatable bonds is 6. The van der Waals surface area contributed by atoms with Crippen LogP contribution in [0.3, 0.4) is 0 Å². The highest BCUT2D eigenvalue weighted by molar-refractivity contribution is 7.94. The van der Waals surface area contributed by atoms with Gasteiger partial charge in [0.25, 0.3) is 0 Å². The largest absolute Gasteiger partial charge is 0.269 e. The maximum Gasteiger partial charge on any atom is 0.00897 e. The van der Waals surface area contributed by atoms with Gasteiger partial charge in [-0.3, -0.25) is 14.1 Å². The third-order valence-corrected chi connectivity index (χ3v) is 3.14. The molecule has 0 fully saturated rings. The van der Waals surface area contributed by atoms with Gasteiger partial charge in [-0.25, -0.2) is 8.61 Å². The van der Waals surface area contributed by atoms with Crippen LogP contribution in [0.1, 0.15) is 27.7 Å². The smallest absolute Gasteiger partial charge is 0.00897 e. The summed E-state index contributed by atoms with van der Waals surface area (Å²) >= 11 is 1.86. The lowest BCUT2D eigenvalue weighted by molar-refractivity contribution is 0.455. The molecule has 0 heterocycles. The number of hydrogen-bond donors (Lipinski definition) is 0. The molecular weight excluding hydrogens is 213 g/mol. The van der Waals surface area contributed by atoms with Gasteiger partial charge >= 0.3 is 0 Å². The van der Waals surface area contributed by atoms with E-state index < -0.39 is 0 Å². The molecule has 0 saturated carbocycles. The van der Waals surface area contributed by atoms with Crippen molar-refractivity contribution in [3.05, 3.63) is 0 Å². The van der Waals surface area contributed by atoms with E-state index in [0.29, 0.717) is 0 Å². The molecule has 0 aromatic rings. The quantitative estimate of drug-likeness (QED) is 0.655. The second kappa shape index (κ2) is 15.5. The molecule has 0 amide bonds. The Kier molecular flexibility index (Phi) is 26.3. The van der Waals surface area contributed by atoms with Gasteiger partial charge in [-0.15, -0.1) is 0 Å². The standard InChI is InChI=1S/C8H20N2S.3FH/c1-5-9(6-2)11-10(7-3)8-4;;;/h5-8H2,1-4H3;3*1H. The summed E-state index contributed by atoms with van der Waals surface area (Å²) in [5.41, 5.74) is 0. The first kappa shape index (κ1) is 23.7. The predicted molar refractivity (Wildman–Crippen MR) is 60.9 cm³/mol. The van der Waals surface area contributed by atoms with Gasteiger partial charge in [0.05, 0.1) is 0 Å². The van der Waals surface area contributed by atoms with Crippen LogP contribution >= 0.6 is 12.1 Å². The average molecular weight is 236 g/mol. The van der Waals surface area contributed by atoms with E-state index in [2.05, 4.69) is 36.3 Å². The summed E-state index contributed by atoms with van der Waals surface area (Å²) in [5.74, 6) is 0. The molecule has 0 aliphatic carbocycles. The Balaban J connectivity index is -0.000000167. The topological polar surface area (TPSA) is 6.48 Å². The van der Waals surface area contributed by atoms with Crippen LogP contribution in [0.4, 0.5) is 14.1 Å². The maximum absolute atomic E-state index is 2.35. The Hall–Kier alpha value is 0.0600. The highest BCUT2D eigenvalue weighted by Crippen LogP contribution is 2.13. The summed E-state index contributed by atoms with van der Waals surface area (Å²) in [5, 5.41) is 0. The molecule has 0 aromatic heterocycles. The van der Waals surface area contributed by atoms with Crippen LogP contribution in [0.15, 0.2) is 0 Å². The second-order valence-corrected chi connectivity index (χ2v) is 3.51. The van der Waals surface area contributed by atoms with Crippen LogP contribution in [-0.4, -0.2) is 34.8 Å². The number of hydrogen-bond acceptors (Lipinski definition) is 3. The zero-order valence-electron chi connectivity index (χ0n) is 9.36. The third-order valence-electron chi connectivity index (χ3n) is 1.64. The van der Waals surface area contributed by atoms with Gasteiger partial charge in [0.15, 0.2) is 0 Å². The van der Waals surface area contributed by atoms with Gasteiger partial charge < -0.3 is 0 Å². The fourth-order valence-electron chi connectivity index (χ4n) is 0.841. The predicted octanol–water partition coefficient (Wildman–Crippen LogP) is 2.69. The molecule has 0 rings (SSSR count). The molecule has 0 aliphatic heterocycles. The van der Waals surface area contributed by atoms with Crippen molar-refractivity contribution in [3.8, 4) is 0 Å². The molecule has 0 bridgehead atoms. The van der Waals surface area contributed by atoms with E-state index in [1.54, 1.807) is 0 Å². The van der Waals surface area contributed by atoms with Crippen molar-refractivity contribution in [1.29, 1.82) is 0 Å². The van der Waals surface area contributed by atoms with Crippen molar-refractivity contribution in [2.24, 2.45) is 0 Å². The molecule has 6 heteroatoms. The summed E-state index contributed by atoms with van der Waals surface area (Å²) in [4.78, 5) is 0. The molecule has 0 atom stereocenters. The maximum atomic E-state index is 2.35. The lowest BCUT2D eigenvalue weighted by Crippen LogP contribution is -2.24. The summed E-state index contributed by atoms with van der Waals surface area (Å²) < 4.78 is 4.71. The normalized spacial score (nSPS) is 9.00. The van der Waals surface area contributed by atoms with Crippen LogP contribution in [0.25, 0.3) is 0 Å². The van der Waals surface area contributed by atoms with Gasteiger partial charge in [-0.2, -0.15) is 0 Å². The summed E-state index contributed by atoms with van der Waals surface area (Å²) in [7, 11) is 0. The van der Waals surface area contributed by atoms with E-state index in [1.165, 1.54) is 0 Å². The van der Waals surface area contributed by atoms with Gasteiger partial charge in [-0.05, 0) is 0 Å². The highest BCUT2D eigenvalue weighted by atomic mass is 32.2. The van der Waals surface area contributed by atoms with Gasteiger partial charge in [0, 0.05) is 38.3 Å². The molecule has 92 valence electrons. The van der Waals surface area contributed by atoms with Gasteiger partial charge in [0.1, 0.15) is 0 Å². The van der Waals surface area contributed by atoms with Crippen molar-refractivity contribution >= 4 is 12.1 Å². The minimum atomic E-state index is 0. The number of nitrogens with zero attached hydrogens (tertiary/aromatic N) is 2. The molecule has 0 spiro atoms. The van der Waals surface area contributed by atoms with Crippen LogP contribution in [0, 0.1) is 0 Å². The van der Waals surface area contributed by atoms with Crippen molar-refractivity contribution in [1.82, 2.24) is 8.61 Å². The molecule has 14 heavy (non-hydrogen) atoms. The van der Waals surface area contributed by atoms with E-state index >= 15 is 0 Å². The van der Waals surface area contributed by atoms with Crippen molar-refractivity contribution in [3.63, 3.8) is 0 Å². The summed E-state index contributed by atoms with van der Waals surface area (Å²) in [6, 6.07) is 0. The van der Waals surface area contributed by atoms with Crippen molar-refractivity contribution < 1.29 is 14.1 Å². The van der Waals surface area contributed by atoms with E-state index in [0.717, 1.165) is 26.2 Å². The zero-order valence-corrected chi connectivity index (χ0v) is 10.2. The van der Waals surface area contributed by atoms with Crippen molar-refractivity contribution in [2.75, 3.05) is 26.2 Å². The van der Waals surface area contributed by atoms with Crippen LogP contribution in [0.2, 0.25) is 0 Å². The average Bonchev–Trinajstić information content (AvgIpc) is 2.07. The first-order chi connectivity index (χ1) is 5.28. The highest BCUT2D eigenvalue weighted by Gasteiger charge is 2.04. The first-order valence-electron chi connectivity index (χ1n) is 4.46. The fraction of sp³-hybridized carbons (Fsp3) is 1.00. The molecule has 0 saturated heterocycles. The van der Waals surface area contributed by atoms with Gasteiger partial charge in [-0.1, -0.05) is 27.7 Å². The minimum Gasteiger partial charge on any atom is -0.269 e. The van der Waals surface area contributed by atoms with Crippen LogP contribution < -0.4 is 0 Å². The molecule has 0 unspecified atom stereocenters. The lowest BCUT2D eigenvalue weighted by Gasteiger charge is -2.24. The molecular formula is C8H23F3N2S. The lowest BCUT2D eigenvalue weighted by atomic mass is 10.7.